The van der Waals surface area contributed by atoms with Gasteiger partial charge in [-0.1, -0.05) is 24.2 Å². The van der Waals surface area contributed by atoms with E-state index in [1.54, 1.807) is 0 Å². The molecular weight excluding hydrogens is 188 g/mol. The summed E-state index contributed by atoms with van der Waals surface area (Å²) in [7, 11) is 0. The third-order valence-corrected chi connectivity index (χ3v) is 2.52. The van der Waals surface area contributed by atoms with Crippen LogP contribution in [0.25, 0.3) is 11.5 Å². The SMILES string of the molecule is CCc1c(C)cccc1-c1nc(C)no1. The Hall–Kier alpha value is -1.64. The Bertz CT molecular complexity index is 474. The van der Waals surface area contributed by atoms with E-state index in [2.05, 4.69) is 30.1 Å². The minimum Gasteiger partial charge on any atom is -0.334 e. The molecule has 0 aliphatic carbocycles. The molecule has 0 saturated heterocycles. The highest BCUT2D eigenvalue weighted by molar-refractivity contribution is 5.60. The lowest BCUT2D eigenvalue weighted by molar-refractivity contribution is 0.425. The predicted molar refractivity (Wildman–Crippen MR) is 58.6 cm³/mol. The summed E-state index contributed by atoms with van der Waals surface area (Å²) in [6, 6.07) is 6.15. The van der Waals surface area contributed by atoms with Crippen LogP contribution in [0.2, 0.25) is 0 Å². The van der Waals surface area contributed by atoms with Gasteiger partial charge in [0.25, 0.3) is 5.89 Å². The molecule has 78 valence electrons. The van der Waals surface area contributed by atoms with Gasteiger partial charge < -0.3 is 4.52 Å². The van der Waals surface area contributed by atoms with Crippen molar-refractivity contribution in [3.05, 3.63) is 35.2 Å². The van der Waals surface area contributed by atoms with Crippen LogP contribution in [0.1, 0.15) is 23.9 Å². The van der Waals surface area contributed by atoms with E-state index in [9.17, 15) is 0 Å². The molecule has 0 N–H and O–H groups in total. The van der Waals surface area contributed by atoms with Gasteiger partial charge in [-0.2, -0.15) is 4.98 Å². The Kier molecular flexibility index (Phi) is 2.54. The fourth-order valence-corrected chi connectivity index (χ4v) is 1.78. The molecule has 3 heteroatoms. The van der Waals surface area contributed by atoms with Crippen molar-refractivity contribution in [3.8, 4) is 11.5 Å². The molecule has 0 aliphatic rings. The zero-order valence-electron chi connectivity index (χ0n) is 9.24. The molecule has 1 aromatic heterocycles. The van der Waals surface area contributed by atoms with Crippen LogP contribution in [0.15, 0.2) is 22.7 Å². The molecule has 0 aliphatic heterocycles. The minimum atomic E-state index is 0.619. The normalized spacial score (nSPS) is 10.6. The van der Waals surface area contributed by atoms with E-state index in [-0.39, 0.29) is 0 Å². The topological polar surface area (TPSA) is 38.9 Å². The molecule has 2 rings (SSSR count). The molecule has 0 unspecified atom stereocenters. The Morgan fingerprint density at radius 1 is 1.27 bits per heavy atom. The molecule has 0 radical (unpaired) electrons. The molecule has 0 bridgehead atoms. The van der Waals surface area contributed by atoms with Gasteiger partial charge in [-0.25, -0.2) is 0 Å². The van der Waals surface area contributed by atoms with Crippen molar-refractivity contribution in [2.75, 3.05) is 0 Å². The molecule has 0 spiro atoms. The Morgan fingerprint density at radius 2 is 2.07 bits per heavy atom. The Morgan fingerprint density at radius 3 is 2.67 bits per heavy atom. The number of hydrogen-bond donors (Lipinski definition) is 0. The number of aromatic nitrogens is 2. The van der Waals surface area contributed by atoms with Crippen molar-refractivity contribution in [1.29, 1.82) is 0 Å². The van der Waals surface area contributed by atoms with E-state index >= 15 is 0 Å². The van der Waals surface area contributed by atoms with Gasteiger partial charge in [0.1, 0.15) is 0 Å². The van der Waals surface area contributed by atoms with Crippen LogP contribution in [-0.2, 0) is 6.42 Å². The molecule has 15 heavy (non-hydrogen) atoms. The zero-order valence-corrected chi connectivity index (χ0v) is 9.24. The Labute approximate surface area is 89.1 Å². The maximum absolute atomic E-state index is 5.19. The van der Waals surface area contributed by atoms with Crippen molar-refractivity contribution in [1.82, 2.24) is 10.1 Å². The van der Waals surface area contributed by atoms with Crippen molar-refractivity contribution in [2.45, 2.75) is 27.2 Å². The first kappa shape index (κ1) is 9.90. The highest BCUT2D eigenvalue weighted by Crippen LogP contribution is 2.24. The average molecular weight is 202 g/mol. The molecule has 0 fully saturated rings. The van der Waals surface area contributed by atoms with Crippen LogP contribution >= 0.6 is 0 Å². The van der Waals surface area contributed by atoms with Crippen molar-refractivity contribution in [2.24, 2.45) is 0 Å². The lowest BCUT2D eigenvalue weighted by atomic mass is 10.00. The number of benzene rings is 1. The maximum Gasteiger partial charge on any atom is 0.258 e. The molecule has 0 amide bonds. The van der Waals surface area contributed by atoms with Crippen LogP contribution in [0.3, 0.4) is 0 Å². The second kappa shape index (κ2) is 3.85. The third-order valence-electron chi connectivity index (χ3n) is 2.52. The van der Waals surface area contributed by atoms with Crippen LogP contribution in [0.5, 0.6) is 0 Å². The Balaban J connectivity index is 2.57. The summed E-state index contributed by atoms with van der Waals surface area (Å²) in [6.45, 7) is 6.06. The largest absolute Gasteiger partial charge is 0.334 e. The molecule has 1 heterocycles. The van der Waals surface area contributed by atoms with Crippen LogP contribution < -0.4 is 0 Å². The first-order valence-corrected chi connectivity index (χ1v) is 5.11. The third kappa shape index (κ3) is 1.77. The van der Waals surface area contributed by atoms with Gasteiger partial charge in [-0.3, -0.25) is 0 Å². The molecule has 1 aromatic carbocycles. The highest BCUT2D eigenvalue weighted by Gasteiger charge is 2.11. The van der Waals surface area contributed by atoms with E-state index in [1.807, 2.05) is 19.1 Å². The van der Waals surface area contributed by atoms with Gasteiger partial charge >= 0.3 is 0 Å². The lowest BCUT2D eigenvalue weighted by Gasteiger charge is -2.06. The molecule has 3 nitrogen and oxygen atoms in total. The summed E-state index contributed by atoms with van der Waals surface area (Å²) in [6.07, 6.45) is 0.976. The molecule has 0 atom stereocenters. The van der Waals surface area contributed by atoms with E-state index < -0.39 is 0 Å². The van der Waals surface area contributed by atoms with Gasteiger partial charge in [-0.05, 0) is 37.5 Å². The zero-order chi connectivity index (χ0) is 10.8. The number of hydrogen-bond acceptors (Lipinski definition) is 3. The fourth-order valence-electron chi connectivity index (χ4n) is 1.78. The first-order chi connectivity index (χ1) is 7.22. The maximum atomic E-state index is 5.19. The smallest absolute Gasteiger partial charge is 0.258 e. The van der Waals surface area contributed by atoms with Gasteiger partial charge in [0.2, 0.25) is 0 Å². The van der Waals surface area contributed by atoms with Crippen molar-refractivity contribution >= 4 is 0 Å². The summed E-state index contributed by atoms with van der Waals surface area (Å²) in [5, 5.41) is 3.81. The summed E-state index contributed by atoms with van der Waals surface area (Å²) in [5.41, 5.74) is 3.60. The molecule has 2 aromatic rings. The van der Waals surface area contributed by atoms with Crippen LogP contribution in [-0.4, -0.2) is 10.1 Å². The number of aryl methyl sites for hydroxylation is 2. The van der Waals surface area contributed by atoms with E-state index in [4.69, 9.17) is 4.52 Å². The second-order valence-electron chi connectivity index (χ2n) is 3.60. The number of nitrogens with zero attached hydrogens (tertiary/aromatic N) is 2. The first-order valence-electron chi connectivity index (χ1n) is 5.11. The average Bonchev–Trinajstić information content (AvgIpc) is 2.64. The van der Waals surface area contributed by atoms with E-state index in [0.717, 1.165) is 12.0 Å². The second-order valence-corrected chi connectivity index (χ2v) is 3.60. The van der Waals surface area contributed by atoms with Gasteiger partial charge in [0.05, 0.1) is 0 Å². The lowest BCUT2D eigenvalue weighted by Crippen LogP contribution is -1.91. The number of rotatable bonds is 2. The van der Waals surface area contributed by atoms with Crippen LogP contribution in [0, 0.1) is 13.8 Å². The quantitative estimate of drug-likeness (QED) is 0.751. The minimum absolute atomic E-state index is 0.619. The predicted octanol–water partition coefficient (Wildman–Crippen LogP) is 2.92. The molecule has 0 saturated carbocycles. The van der Waals surface area contributed by atoms with Gasteiger partial charge in [0.15, 0.2) is 5.82 Å². The van der Waals surface area contributed by atoms with E-state index in [1.165, 1.54) is 11.1 Å². The van der Waals surface area contributed by atoms with Crippen molar-refractivity contribution in [3.63, 3.8) is 0 Å². The standard InChI is InChI=1S/C12H14N2O/c1-4-10-8(2)6-5-7-11(10)12-13-9(3)14-15-12/h5-7H,4H2,1-3H3. The van der Waals surface area contributed by atoms with Gasteiger partial charge in [-0.15, -0.1) is 0 Å². The summed E-state index contributed by atoms with van der Waals surface area (Å²) >= 11 is 0. The summed E-state index contributed by atoms with van der Waals surface area (Å²) in [4.78, 5) is 4.25. The van der Waals surface area contributed by atoms with Crippen molar-refractivity contribution < 1.29 is 4.52 Å². The van der Waals surface area contributed by atoms with Gasteiger partial charge in [0, 0.05) is 5.56 Å². The highest BCUT2D eigenvalue weighted by atomic mass is 16.5. The monoisotopic (exact) mass is 202 g/mol. The summed E-state index contributed by atoms with van der Waals surface area (Å²) < 4.78 is 5.19. The summed E-state index contributed by atoms with van der Waals surface area (Å²) in [5.74, 6) is 1.29. The molecular formula is C12H14N2O. The fraction of sp³-hybridized carbons (Fsp3) is 0.333. The van der Waals surface area contributed by atoms with E-state index in [0.29, 0.717) is 11.7 Å². The van der Waals surface area contributed by atoms with Crippen LogP contribution in [0.4, 0.5) is 0 Å².